The van der Waals surface area contributed by atoms with Crippen molar-refractivity contribution in [1.82, 2.24) is 15.3 Å². The van der Waals surface area contributed by atoms with E-state index in [2.05, 4.69) is 15.3 Å². The molecule has 2 N–H and O–H groups in total. The Kier molecular flexibility index (Phi) is 3.75. The molecule has 0 saturated carbocycles. The van der Waals surface area contributed by atoms with Gasteiger partial charge in [-0.15, -0.1) is 0 Å². The normalized spacial score (nSPS) is 13.9. The first-order valence-electron chi connectivity index (χ1n) is 5.78. The molecule has 0 radical (unpaired) electrons. The molecular formula is C12H13F4N3. The highest BCUT2D eigenvalue weighted by molar-refractivity contribution is 5.74. The minimum Gasteiger partial charge on any atom is -0.341 e. The van der Waals surface area contributed by atoms with E-state index in [1.165, 1.54) is 25.1 Å². The molecule has 3 nitrogen and oxygen atoms in total. The lowest BCUT2D eigenvalue weighted by molar-refractivity contribution is -0.139. The van der Waals surface area contributed by atoms with Gasteiger partial charge in [-0.1, -0.05) is 0 Å². The first-order chi connectivity index (χ1) is 8.83. The number of hydrogen-bond acceptors (Lipinski definition) is 2. The third kappa shape index (κ3) is 3.92. The molecule has 0 aliphatic rings. The largest absolute Gasteiger partial charge is 0.390 e. The number of nitrogens with one attached hydrogen (secondary N) is 2. The first-order valence-corrected chi connectivity index (χ1v) is 5.78. The molecule has 1 aromatic carbocycles. The summed E-state index contributed by atoms with van der Waals surface area (Å²) in [7, 11) is 0. The number of aromatic nitrogens is 2. The van der Waals surface area contributed by atoms with Gasteiger partial charge in [0.1, 0.15) is 11.6 Å². The summed E-state index contributed by atoms with van der Waals surface area (Å²) in [6.45, 7) is 1.63. The number of hydrogen-bond donors (Lipinski definition) is 2. The second kappa shape index (κ2) is 5.16. The van der Waals surface area contributed by atoms with Crippen molar-refractivity contribution in [3.05, 3.63) is 29.8 Å². The van der Waals surface area contributed by atoms with Gasteiger partial charge < -0.3 is 10.3 Å². The number of H-pyrrole nitrogens is 1. The highest BCUT2D eigenvalue weighted by atomic mass is 19.4. The third-order valence-electron chi connectivity index (χ3n) is 2.65. The fourth-order valence-corrected chi connectivity index (χ4v) is 1.81. The van der Waals surface area contributed by atoms with Crippen LogP contribution in [0.15, 0.2) is 18.2 Å². The number of nitrogens with zero attached hydrogens (tertiary/aromatic N) is 1. The minimum atomic E-state index is -4.19. The van der Waals surface area contributed by atoms with Crippen molar-refractivity contribution in [2.45, 2.75) is 32.1 Å². The Labute approximate surface area is 107 Å². The molecule has 1 aromatic heterocycles. The van der Waals surface area contributed by atoms with Gasteiger partial charge in [-0.25, -0.2) is 9.37 Å². The maximum atomic E-state index is 13.0. The number of benzene rings is 1. The molecule has 104 valence electrons. The Morgan fingerprint density at radius 1 is 1.37 bits per heavy atom. The van der Waals surface area contributed by atoms with E-state index in [1.807, 2.05) is 0 Å². The topological polar surface area (TPSA) is 40.7 Å². The third-order valence-corrected chi connectivity index (χ3v) is 2.65. The molecule has 19 heavy (non-hydrogen) atoms. The maximum absolute atomic E-state index is 13.0. The molecule has 0 bridgehead atoms. The molecule has 0 unspecified atom stereocenters. The summed E-state index contributed by atoms with van der Waals surface area (Å²) in [6.07, 6.45) is -5.09. The van der Waals surface area contributed by atoms with Gasteiger partial charge in [-0.05, 0) is 25.1 Å². The fourth-order valence-electron chi connectivity index (χ4n) is 1.81. The number of aromatic amines is 1. The molecule has 0 aliphatic carbocycles. The molecule has 2 aromatic rings. The highest BCUT2D eigenvalue weighted by Gasteiger charge is 2.29. The van der Waals surface area contributed by atoms with Crippen LogP contribution in [0.25, 0.3) is 11.0 Å². The Bertz CT molecular complexity index is 562. The molecule has 0 amide bonds. The van der Waals surface area contributed by atoms with E-state index in [-0.39, 0.29) is 12.4 Å². The number of rotatable bonds is 4. The Hall–Kier alpha value is -1.63. The van der Waals surface area contributed by atoms with Crippen LogP contribution in [0.3, 0.4) is 0 Å². The van der Waals surface area contributed by atoms with Gasteiger partial charge in [0.15, 0.2) is 0 Å². The summed E-state index contributed by atoms with van der Waals surface area (Å²) in [5.74, 6) is 0.0933. The Morgan fingerprint density at radius 3 is 2.79 bits per heavy atom. The molecule has 1 heterocycles. The van der Waals surface area contributed by atoms with Crippen LogP contribution in [-0.2, 0) is 6.54 Å². The monoisotopic (exact) mass is 275 g/mol. The van der Waals surface area contributed by atoms with Gasteiger partial charge in [-0.3, -0.25) is 0 Å². The summed E-state index contributed by atoms with van der Waals surface area (Å²) in [6, 6.07) is 3.39. The zero-order valence-corrected chi connectivity index (χ0v) is 10.2. The smallest absolute Gasteiger partial charge is 0.341 e. The Balaban J connectivity index is 1.98. The number of halogens is 4. The van der Waals surface area contributed by atoms with Crippen molar-refractivity contribution < 1.29 is 17.6 Å². The number of imidazole rings is 1. The molecule has 1 atom stereocenters. The van der Waals surface area contributed by atoms with E-state index in [1.54, 1.807) is 0 Å². The predicted octanol–water partition coefficient (Wildman–Crippen LogP) is 3.13. The summed E-state index contributed by atoms with van der Waals surface area (Å²) in [5.41, 5.74) is 1.11. The quantitative estimate of drug-likeness (QED) is 0.842. The zero-order chi connectivity index (χ0) is 14.0. The van der Waals surface area contributed by atoms with Crippen molar-refractivity contribution in [2.75, 3.05) is 0 Å². The van der Waals surface area contributed by atoms with Crippen LogP contribution < -0.4 is 5.32 Å². The van der Waals surface area contributed by atoms with Crippen LogP contribution in [0.4, 0.5) is 17.6 Å². The van der Waals surface area contributed by atoms with E-state index in [4.69, 9.17) is 0 Å². The number of alkyl halides is 3. The van der Waals surface area contributed by atoms with Crippen LogP contribution in [0.2, 0.25) is 0 Å². The van der Waals surface area contributed by atoms with Gasteiger partial charge >= 0.3 is 6.18 Å². The molecule has 0 fully saturated rings. The van der Waals surface area contributed by atoms with Crippen LogP contribution in [0.1, 0.15) is 19.2 Å². The van der Waals surface area contributed by atoms with Gasteiger partial charge in [0.2, 0.25) is 0 Å². The fraction of sp³-hybridized carbons (Fsp3) is 0.417. The van der Waals surface area contributed by atoms with Crippen molar-refractivity contribution in [1.29, 1.82) is 0 Å². The Morgan fingerprint density at radius 2 is 2.11 bits per heavy atom. The van der Waals surface area contributed by atoms with Crippen LogP contribution in [0, 0.1) is 5.82 Å². The second-order valence-electron chi connectivity index (χ2n) is 4.45. The summed E-state index contributed by atoms with van der Waals surface area (Å²) < 4.78 is 49.4. The summed E-state index contributed by atoms with van der Waals surface area (Å²) in [5, 5.41) is 2.72. The standard InChI is InChI=1S/C12H13F4N3/c1-7(5-12(14,15)16)17-6-11-18-9-3-2-8(13)4-10(9)19-11/h2-4,7,17H,5-6H2,1H3,(H,18,19)/t7-/m1/s1. The lowest BCUT2D eigenvalue weighted by atomic mass is 10.2. The molecule has 0 saturated heterocycles. The van der Waals surface area contributed by atoms with E-state index in [0.29, 0.717) is 16.9 Å². The van der Waals surface area contributed by atoms with Gasteiger partial charge in [-0.2, -0.15) is 13.2 Å². The van der Waals surface area contributed by atoms with E-state index in [0.717, 1.165) is 0 Å². The first kappa shape index (κ1) is 13.8. The lowest BCUT2D eigenvalue weighted by Crippen LogP contribution is -2.31. The molecule has 7 heteroatoms. The minimum absolute atomic E-state index is 0.174. The lowest BCUT2D eigenvalue weighted by Gasteiger charge is -2.14. The van der Waals surface area contributed by atoms with E-state index in [9.17, 15) is 17.6 Å². The molecule has 0 aliphatic heterocycles. The summed E-state index contributed by atoms with van der Waals surface area (Å²) in [4.78, 5) is 7.02. The summed E-state index contributed by atoms with van der Waals surface area (Å²) >= 11 is 0. The average molecular weight is 275 g/mol. The SMILES string of the molecule is C[C@H](CC(F)(F)F)NCc1nc2ccc(F)cc2[nH]1. The predicted molar refractivity (Wildman–Crippen MR) is 63.0 cm³/mol. The van der Waals surface area contributed by atoms with Gasteiger partial charge in [0.25, 0.3) is 0 Å². The van der Waals surface area contributed by atoms with Crippen molar-refractivity contribution in [2.24, 2.45) is 0 Å². The molecular weight excluding hydrogens is 262 g/mol. The van der Waals surface area contributed by atoms with Gasteiger partial charge in [0, 0.05) is 6.04 Å². The maximum Gasteiger partial charge on any atom is 0.390 e. The van der Waals surface area contributed by atoms with E-state index < -0.39 is 18.6 Å². The number of fused-ring (bicyclic) bond motifs is 1. The molecule has 0 spiro atoms. The van der Waals surface area contributed by atoms with Crippen molar-refractivity contribution in [3.8, 4) is 0 Å². The van der Waals surface area contributed by atoms with Crippen molar-refractivity contribution in [3.63, 3.8) is 0 Å². The van der Waals surface area contributed by atoms with Crippen LogP contribution in [-0.4, -0.2) is 22.2 Å². The van der Waals surface area contributed by atoms with Gasteiger partial charge in [0.05, 0.1) is 24.0 Å². The average Bonchev–Trinajstić information content (AvgIpc) is 2.66. The second-order valence-corrected chi connectivity index (χ2v) is 4.45. The highest BCUT2D eigenvalue weighted by Crippen LogP contribution is 2.21. The van der Waals surface area contributed by atoms with Crippen LogP contribution in [0.5, 0.6) is 0 Å². The molecule has 2 rings (SSSR count). The van der Waals surface area contributed by atoms with E-state index >= 15 is 0 Å². The van der Waals surface area contributed by atoms with Crippen molar-refractivity contribution >= 4 is 11.0 Å². The van der Waals surface area contributed by atoms with Crippen LogP contribution >= 0.6 is 0 Å². The zero-order valence-electron chi connectivity index (χ0n) is 10.2.